The largest absolute Gasteiger partial charge is 0.378 e. The Bertz CT molecular complexity index is 758. The fraction of sp³-hybridized carbons (Fsp3) is 0.529. The number of ether oxygens (including phenoxy) is 1. The lowest BCUT2D eigenvalue weighted by Gasteiger charge is -2.20. The van der Waals surface area contributed by atoms with Crippen LogP contribution in [0, 0.1) is 6.92 Å². The Morgan fingerprint density at radius 2 is 2.17 bits per heavy atom. The van der Waals surface area contributed by atoms with Crippen LogP contribution in [-0.2, 0) is 4.74 Å². The van der Waals surface area contributed by atoms with E-state index in [0.717, 1.165) is 13.1 Å². The van der Waals surface area contributed by atoms with Crippen molar-refractivity contribution in [3.8, 4) is 0 Å². The van der Waals surface area contributed by atoms with Gasteiger partial charge in [-0.1, -0.05) is 11.6 Å². The molecule has 6 nitrogen and oxygen atoms in total. The molecule has 0 unspecified atom stereocenters. The minimum absolute atomic E-state index is 0.0144. The van der Waals surface area contributed by atoms with E-state index in [2.05, 4.69) is 29.0 Å². The van der Waals surface area contributed by atoms with Crippen molar-refractivity contribution in [2.75, 3.05) is 20.2 Å². The van der Waals surface area contributed by atoms with Crippen LogP contribution < -0.4 is 5.32 Å². The van der Waals surface area contributed by atoms with E-state index in [1.165, 1.54) is 0 Å². The van der Waals surface area contributed by atoms with Gasteiger partial charge in [-0.05, 0) is 32.9 Å². The molecule has 3 rings (SSSR count). The average molecular weight is 351 g/mol. The molecule has 1 aliphatic rings. The van der Waals surface area contributed by atoms with E-state index < -0.39 is 0 Å². The topological polar surface area (TPSA) is 58.9 Å². The van der Waals surface area contributed by atoms with Crippen LogP contribution in [0.3, 0.4) is 0 Å². The molecule has 1 amide bonds. The number of methoxy groups -OCH3 is 1. The number of halogens is 1. The zero-order valence-corrected chi connectivity index (χ0v) is 15.2. The predicted molar refractivity (Wildman–Crippen MR) is 93.7 cm³/mol. The number of fused-ring (bicyclic) bond motifs is 1. The summed E-state index contributed by atoms with van der Waals surface area (Å²) in [5.41, 5.74) is 1.91. The summed E-state index contributed by atoms with van der Waals surface area (Å²) in [5.74, 6) is -0.153. The number of carbonyl (C=O) groups excluding carboxylic acids is 1. The Kier molecular flexibility index (Phi) is 4.80. The lowest BCUT2D eigenvalue weighted by molar-refractivity contribution is 0.0749. The van der Waals surface area contributed by atoms with E-state index in [0.29, 0.717) is 28.1 Å². The maximum atomic E-state index is 12.9. The number of pyridine rings is 1. The van der Waals surface area contributed by atoms with Crippen molar-refractivity contribution in [2.45, 2.75) is 39.0 Å². The number of imidazole rings is 1. The molecule has 0 bridgehead atoms. The summed E-state index contributed by atoms with van der Waals surface area (Å²) in [6.45, 7) is 7.72. The number of hydrogen-bond donors (Lipinski definition) is 1. The third-order valence-electron chi connectivity index (χ3n) is 4.62. The first-order valence-electron chi connectivity index (χ1n) is 8.12. The van der Waals surface area contributed by atoms with Gasteiger partial charge in [0.15, 0.2) is 0 Å². The van der Waals surface area contributed by atoms with Gasteiger partial charge in [0.1, 0.15) is 11.3 Å². The highest BCUT2D eigenvalue weighted by Gasteiger charge is 2.35. The van der Waals surface area contributed by atoms with Gasteiger partial charge < -0.3 is 10.1 Å². The van der Waals surface area contributed by atoms with Gasteiger partial charge >= 0.3 is 0 Å². The summed E-state index contributed by atoms with van der Waals surface area (Å²) in [6, 6.07) is 3.94. The number of carbonyl (C=O) groups is 1. The number of aromatic nitrogens is 2. The van der Waals surface area contributed by atoms with Gasteiger partial charge in [-0.25, -0.2) is 4.98 Å². The van der Waals surface area contributed by atoms with Crippen molar-refractivity contribution < 1.29 is 9.53 Å². The number of nitrogens with zero attached hydrogens (tertiary/aromatic N) is 3. The predicted octanol–water partition coefficient (Wildman–Crippen LogP) is 2.13. The molecular weight excluding hydrogens is 328 g/mol. The Morgan fingerprint density at radius 1 is 1.42 bits per heavy atom. The SMILES string of the molecule is CO[C@@H]1CN(C(C)C)C[C@H]1NC(=O)c1c(C)nc2ccc(Cl)cn12. The van der Waals surface area contributed by atoms with Crippen LogP contribution in [0.2, 0.25) is 5.02 Å². The van der Waals surface area contributed by atoms with Crippen molar-refractivity contribution in [3.05, 3.63) is 34.7 Å². The Labute approximate surface area is 146 Å². The standard InChI is InChI=1S/C17H23ClN4O2/c1-10(2)21-8-13(14(9-21)24-4)20-17(23)16-11(3)19-15-6-5-12(18)7-22(15)16/h5-7,10,13-14H,8-9H2,1-4H3,(H,20,23)/t13-,14-/m1/s1. The molecule has 3 heterocycles. The molecule has 2 aromatic rings. The number of nitrogens with one attached hydrogen (secondary N) is 1. The lowest BCUT2D eigenvalue weighted by atomic mass is 10.2. The lowest BCUT2D eigenvalue weighted by Crippen LogP contribution is -2.44. The van der Waals surface area contributed by atoms with Crippen molar-refractivity contribution >= 4 is 23.2 Å². The summed E-state index contributed by atoms with van der Waals surface area (Å²) in [4.78, 5) is 19.6. The second kappa shape index (κ2) is 6.70. The molecule has 1 N–H and O–H groups in total. The van der Waals surface area contributed by atoms with E-state index in [1.54, 1.807) is 29.8 Å². The summed E-state index contributed by atoms with van der Waals surface area (Å²) in [6.07, 6.45) is 1.70. The van der Waals surface area contributed by atoms with Crippen LogP contribution in [0.1, 0.15) is 30.0 Å². The van der Waals surface area contributed by atoms with E-state index >= 15 is 0 Å². The van der Waals surface area contributed by atoms with E-state index in [-0.39, 0.29) is 18.1 Å². The van der Waals surface area contributed by atoms with Gasteiger partial charge in [0.2, 0.25) is 0 Å². The summed E-state index contributed by atoms with van der Waals surface area (Å²) in [5, 5.41) is 3.68. The van der Waals surface area contributed by atoms with E-state index in [1.807, 2.05) is 6.92 Å². The fourth-order valence-corrected chi connectivity index (χ4v) is 3.41. The zero-order chi connectivity index (χ0) is 17.4. The monoisotopic (exact) mass is 350 g/mol. The van der Waals surface area contributed by atoms with Crippen LogP contribution in [0.4, 0.5) is 0 Å². The minimum atomic E-state index is -0.153. The second-order valence-corrected chi connectivity index (χ2v) is 6.96. The molecule has 2 aromatic heterocycles. The molecule has 7 heteroatoms. The van der Waals surface area contributed by atoms with Crippen LogP contribution in [0.5, 0.6) is 0 Å². The molecule has 0 aliphatic carbocycles. The van der Waals surface area contributed by atoms with Crippen LogP contribution >= 0.6 is 11.6 Å². The third kappa shape index (κ3) is 3.14. The number of aryl methyl sites for hydroxylation is 1. The molecule has 0 radical (unpaired) electrons. The Hall–Kier alpha value is -1.63. The summed E-state index contributed by atoms with van der Waals surface area (Å²) < 4.78 is 7.30. The maximum Gasteiger partial charge on any atom is 0.270 e. The molecule has 0 spiro atoms. The molecular formula is C17H23ClN4O2. The Balaban J connectivity index is 1.85. The van der Waals surface area contributed by atoms with Crippen molar-refractivity contribution in [2.24, 2.45) is 0 Å². The van der Waals surface area contributed by atoms with Crippen LogP contribution in [0.15, 0.2) is 18.3 Å². The van der Waals surface area contributed by atoms with Crippen molar-refractivity contribution in [3.63, 3.8) is 0 Å². The first-order chi connectivity index (χ1) is 11.4. The van der Waals surface area contributed by atoms with Gasteiger partial charge in [0, 0.05) is 32.4 Å². The highest BCUT2D eigenvalue weighted by atomic mass is 35.5. The first-order valence-corrected chi connectivity index (χ1v) is 8.50. The molecule has 130 valence electrons. The normalized spacial score (nSPS) is 21.8. The van der Waals surface area contributed by atoms with Gasteiger partial charge in [-0.2, -0.15) is 0 Å². The van der Waals surface area contributed by atoms with E-state index in [4.69, 9.17) is 16.3 Å². The smallest absolute Gasteiger partial charge is 0.270 e. The molecule has 0 aromatic carbocycles. The fourth-order valence-electron chi connectivity index (χ4n) is 3.25. The van der Waals surface area contributed by atoms with Gasteiger partial charge in [0.05, 0.1) is 22.9 Å². The van der Waals surface area contributed by atoms with Crippen molar-refractivity contribution in [1.82, 2.24) is 19.6 Å². The molecule has 1 saturated heterocycles. The molecule has 2 atom stereocenters. The quantitative estimate of drug-likeness (QED) is 0.917. The molecule has 1 fully saturated rings. The van der Waals surface area contributed by atoms with E-state index in [9.17, 15) is 4.79 Å². The third-order valence-corrected chi connectivity index (χ3v) is 4.84. The summed E-state index contributed by atoms with van der Waals surface area (Å²) >= 11 is 6.07. The molecule has 24 heavy (non-hydrogen) atoms. The maximum absolute atomic E-state index is 12.9. The zero-order valence-electron chi connectivity index (χ0n) is 14.4. The number of amides is 1. The molecule has 1 aliphatic heterocycles. The average Bonchev–Trinajstić information content (AvgIpc) is 3.07. The highest BCUT2D eigenvalue weighted by Crippen LogP contribution is 2.19. The van der Waals surface area contributed by atoms with Crippen LogP contribution in [-0.4, -0.2) is 58.6 Å². The van der Waals surface area contributed by atoms with Crippen molar-refractivity contribution in [1.29, 1.82) is 0 Å². The van der Waals surface area contributed by atoms with Gasteiger partial charge in [-0.15, -0.1) is 0 Å². The first kappa shape index (κ1) is 17.2. The Morgan fingerprint density at radius 3 is 2.83 bits per heavy atom. The second-order valence-electron chi connectivity index (χ2n) is 6.52. The van der Waals surface area contributed by atoms with Gasteiger partial charge in [0.25, 0.3) is 5.91 Å². The number of hydrogen-bond acceptors (Lipinski definition) is 4. The molecule has 0 saturated carbocycles. The number of likely N-dealkylation sites (tertiary alicyclic amines) is 1. The summed E-state index contributed by atoms with van der Waals surface area (Å²) in [7, 11) is 1.69. The van der Waals surface area contributed by atoms with Gasteiger partial charge in [-0.3, -0.25) is 14.1 Å². The minimum Gasteiger partial charge on any atom is -0.378 e. The highest BCUT2D eigenvalue weighted by molar-refractivity contribution is 6.30. The van der Waals surface area contributed by atoms with Crippen LogP contribution in [0.25, 0.3) is 5.65 Å². The number of rotatable bonds is 4.